The van der Waals surface area contributed by atoms with E-state index in [0.29, 0.717) is 30.6 Å². The highest BCUT2D eigenvalue weighted by molar-refractivity contribution is 5.92. The summed E-state index contributed by atoms with van der Waals surface area (Å²) in [6, 6.07) is 12.9. The second kappa shape index (κ2) is 8.15. The van der Waals surface area contributed by atoms with E-state index >= 15 is 0 Å². The van der Waals surface area contributed by atoms with Crippen LogP contribution in [0.4, 0.5) is 0 Å². The van der Waals surface area contributed by atoms with Crippen molar-refractivity contribution < 1.29 is 24.2 Å². The summed E-state index contributed by atoms with van der Waals surface area (Å²) in [5.74, 6) is -0.223. The third-order valence-electron chi connectivity index (χ3n) is 5.12. The molecule has 0 saturated carbocycles. The van der Waals surface area contributed by atoms with Crippen LogP contribution in [-0.2, 0) is 16.0 Å². The van der Waals surface area contributed by atoms with Crippen LogP contribution in [0.3, 0.4) is 0 Å². The van der Waals surface area contributed by atoms with Crippen molar-refractivity contribution in [3.63, 3.8) is 0 Å². The normalized spacial score (nSPS) is 21.9. The van der Waals surface area contributed by atoms with E-state index in [9.17, 15) is 14.7 Å². The Bertz CT molecular complexity index is 884. The van der Waals surface area contributed by atoms with Gasteiger partial charge in [0.05, 0.1) is 17.6 Å². The first-order valence-corrected chi connectivity index (χ1v) is 9.53. The monoisotopic (exact) mass is 382 g/mol. The first kappa shape index (κ1) is 20.1. The van der Waals surface area contributed by atoms with Crippen LogP contribution >= 0.6 is 0 Å². The fourth-order valence-corrected chi connectivity index (χ4v) is 3.60. The van der Waals surface area contributed by atoms with Gasteiger partial charge in [0, 0.05) is 6.42 Å². The number of hydrogen-bond acceptors (Lipinski definition) is 5. The molecule has 2 unspecified atom stereocenters. The largest absolute Gasteiger partial charge is 0.462 e. The highest BCUT2D eigenvalue weighted by Crippen LogP contribution is 2.28. The van der Waals surface area contributed by atoms with Crippen molar-refractivity contribution in [1.82, 2.24) is 0 Å². The van der Waals surface area contributed by atoms with Crippen molar-refractivity contribution in [2.75, 3.05) is 0 Å². The van der Waals surface area contributed by atoms with Crippen molar-refractivity contribution in [3.05, 3.63) is 64.7 Å². The molecule has 0 spiro atoms. The van der Waals surface area contributed by atoms with E-state index in [1.807, 2.05) is 44.2 Å². The minimum Gasteiger partial charge on any atom is -0.462 e. The second-order valence-corrected chi connectivity index (χ2v) is 7.82. The number of cyclic esters (lactones) is 1. The van der Waals surface area contributed by atoms with Crippen LogP contribution < -0.4 is 4.74 Å². The van der Waals surface area contributed by atoms with Crippen molar-refractivity contribution in [2.45, 2.75) is 58.2 Å². The van der Waals surface area contributed by atoms with Gasteiger partial charge in [-0.1, -0.05) is 24.3 Å². The van der Waals surface area contributed by atoms with E-state index in [2.05, 4.69) is 0 Å². The third-order valence-corrected chi connectivity index (χ3v) is 5.12. The zero-order chi connectivity index (χ0) is 20.3. The lowest BCUT2D eigenvalue weighted by Gasteiger charge is -2.33. The predicted molar refractivity (Wildman–Crippen MR) is 105 cm³/mol. The van der Waals surface area contributed by atoms with Crippen molar-refractivity contribution in [1.29, 1.82) is 0 Å². The Labute approximate surface area is 165 Å². The lowest BCUT2D eigenvalue weighted by molar-refractivity contribution is -0.168. The molecule has 2 aromatic rings. The van der Waals surface area contributed by atoms with Gasteiger partial charge < -0.3 is 14.6 Å². The Morgan fingerprint density at radius 3 is 2.64 bits per heavy atom. The number of hydrogen-bond donors (Lipinski definition) is 1. The zero-order valence-electron chi connectivity index (χ0n) is 16.5. The van der Waals surface area contributed by atoms with Gasteiger partial charge >= 0.3 is 11.9 Å². The highest BCUT2D eigenvalue weighted by atomic mass is 16.5. The molecule has 5 heteroatoms. The molecule has 0 bridgehead atoms. The van der Waals surface area contributed by atoms with Crippen LogP contribution in [0.25, 0.3) is 0 Å². The summed E-state index contributed by atoms with van der Waals surface area (Å²) in [7, 11) is 0. The predicted octanol–water partition coefficient (Wildman–Crippen LogP) is 3.91. The Hall–Kier alpha value is -2.66. The summed E-state index contributed by atoms with van der Waals surface area (Å²) >= 11 is 0. The average Bonchev–Trinajstić information content (AvgIpc) is 2.59. The number of aliphatic hydroxyl groups is 1. The van der Waals surface area contributed by atoms with Crippen LogP contribution in [0.2, 0.25) is 0 Å². The summed E-state index contributed by atoms with van der Waals surface area (Å²) in [6.07, 6.45) is 1.57. The van der Waals surface area contributed by atoms with Crippen molar-refractivity contribution >= 4 is 11.9 Å². The molecule has 28 heavy (non-hydrogen) atoms. The molecule has 0 aromatic heterocycles. The standard InChI is InChI=1S/C23H26O5/c1-15-6-4-5-7-20(15)22(25)28-18-10-8-17(16(2)12-18)9-11-19-13-23(3,26)14-21(24)27-19/h4-8,10,12,19,26H,9,11,13-14H2,1-3H3. The topological polar surface area (TPSA) is 72.8 Å². The van der Waals surface area contributed by atoms with E-state index in [4.69, 9.17) is 9.47 Å². The smallest absolute Gasteiger partial charge is 0.343 e. The fraction of sp³-hybridized carbons (Fsp3) is 0.391. The van der Waals surface area contributed by atoms with Gasteiger partial charge in [-0.15, -0.1) is 0 Å². The Balaban J connectivity index is 1.62. The van der Waals surface area contributed by atoms with E-state index in [-0.39, 0.29) is 24.5 Å². The van der Waals surface area contributed by atoms with Gasteiger partial charge in [0.2, 0.25) is 0 Å². The number of ether oxygens (including phenoxy) is 2. The summed E-state index contributed by atoms with van der Waals surface area (Å²) < 4.78 is 10.9. The number of benzene rings is 2. The molecule has 1 fully saturated rings. The Morgan fingerprint density at radius 2 is 1.96 bits per heavy atom. The van der Waals surface area contributed by atoms with Crippen LogP contribution in [-0.4, -0.2) is 28.8 Å². The molecular formula is C23H26O5. The van der Waals surface area contributed by atoms with E-state index in [1.54, 1.807) is 19.1 Å². The molecule has 0 radical (unpaired) electrons. The molecular weight excluding hydrogens is 356 g/mol. The molecule has 0 amide bonds. The van der Waals surface area contributed by atoms with E-state index in [0.717, 1.165) is 16.7 Å². The summed E-state index contributed by atoms with van der Waals surface area (Å²) in [4.78, 5) is 24.0. The summed E-state index contributed by atoms with van der Waals surface area (Å²) in [5.41, 5.74) is 2.53. The summed E-state index contributed by atoms with van der Waals surface area (Å²) in [6.45, 7) is 5.51. The number of carbonyl (C=O) groups excluding carboxylic acids is 2. The van der Waals surface area contributed by atoms with Gasteiger partial charge in [-0.2, -0.15) is 0 Å². The number of aryl methyl sites for hydroxylation is 3. The molecule has 1 saturated heterocycles. The number of rotatable bonds is 5. The fourth-order valence-electron chi connectivity index (χ4n) is 3.60. The van der Waals surface area contributed by atoms with Gasteiger partial charge in [0.15, 0.2) is 0 Å². The maximum atomic E-state index is 12.4. The molecule has 3 rings (SSSR count). The van der Waals surface area contributed by atoms with Gasteiger partial charge in [-0.05, 0) is 68.5 Å². The second-order valence-electron chi connectivity index (χ2n) is 7.82. The molecule has 1 N–H and O–H groups in total. The van der Waals surface area contributed by atoms with E-state index in [1.165, 1.54) is 0 Å². The number of carbonyl (C=O) groups is 2. The Kier molecular flexibility index (Phi) is 5.84. The lowest BCUT2D eigenvalue weighted by atomic mass is 9.89. The molecule has 1 aliphatic rings. The zero-order valence-corrected chi connectivity index (χ0v) is 16.5. The average molecular weight is 382 g/mol. The number of esters is 2. The minimum absolute atomic E-state index is 0.0451. The third kappa shape index (κ3) is 4.98. The van der Waals surface area contributed by atoms with Crippen LogP contribution in [0.5, 0.6) is 5.75 Å². The maximum Gasteiger partial charge on any atom is 0.343 e. The van der Waals surface area contributed by atoms with Crippen molar-refractivity contribution in [3.8, 4) is 5.75 Å². The van der Waals surface area contributed by atoms with Gasteiger partial charge in [0.25, 0.3) is 0 Å². The Morgan fingerprint density at radius 1 is 1.21 bits per heavy atom. The summed E-state index contributed by atoms with van der Waals surface area (Å²) in [5, 5.41) is 10.2. The maximum absolute atomic E-state index is 12.4. The van der Waals surface area contributed by atoms with Gasteiger partial charge in [0.1, 0.15) is 11.9 Å². The highest BCUT2D eigenvalue weighted by Gasteiger charge is 2.35. The molecule has 2 aromatic carbocycles. The van der Waals surface area contributed by atoms with E-state index < -0.39 is 5.60 Å². The lowest BCUT2D eigenvalue weighted by Crippen LogP contribution is -2.41. The SMILES string of the molecule is Cc1cc(OC(=O)c2ccccc2C)ccc1CCC1CC(C)(O)CC(=O)O1. The van der Waals surface area contributed by atoms with Crippen LogP contribution in [0.1, 0.15) is 53.2 Å². The molecule has 2 atom stereocenters. The molecule has 0 aliphatic carbocycles. The first-order chi connectivity index (χ1) is 13.2. The quantitative estimate of drug-likeness (QED) is 0.627. The van der Waals surface area contributed by atoms with Gasteiger partial charge in [-0.3, -0.25) is 4.79 Å². The molecule has 148 valence electrons. The van der Waals surface area contributed by atoms with Crippen LogP contribution in [0.15, 0.2) is 42.5 Å². The molecule has 1 heterocycles. The van der Waals surface area contributed by atoms with Crippen LogP contribution in [0, 0.1) is 13.8 Å². The van der Waals surface area contributed by atoms with Crippen molar-refractivity contribution in [2.24, 2.45) is 0 Å². The molecule has 5 nitrogen and oxygen atoms in total. The first-order valence-electron chi connectivity index (χ1n) is 9.53. The van der Waals surface area contributed by atoms with Gasteiger partial charge in [-0.25, -0.2) is 4.79 Å². The molecule has 1 aliphatic heterocycles. The minimum atomic E-state index is -0.997.